The summed E-state index contributed by atoms with van der Waals surface area (Å²) in [6, 6.07) is 3.55. The van der Waals surface area contributed by atoms with Gasteiger partial charge in [-0.1, -0.05) is 0 Å². The first-order valence-electron chi connectivity index (χ1n) is 6.86. The Hall–Kier alpha value is -2.47. The lowest BCUT2D eigenvalue weighted by Gasteiger charge is -2.06. The van der Waals surface area contributed by atoms with Crippen LogP contribution in [-0.2, 0) is 0 Å². The third-order valence-electron chi connectivity index (χ3n) is 3.80. The zero-order valence-electron chi connectivity index (χ0n) is 12.6. The molecule has 0 saturated carbocycles. The number of thiophene rings is 1. The van der Waals surface area contributed by atoms with Crippen LogP contribution < -0.4 is 11.1 Å². The SMILES string of the molecule is Cc1nc2sc(C(=O)Nc3cccnc3)c(N)c2c(C)c1C. The van der Waals surface area contributed by atoms with Crippen LogP contribution in [0.3, 0.4) is 0 Å². The Morgan fingerprint density at radius 1 is 1.27 bits per heavy atom. The highest BCUT2D eigenvalue weighted by molar-refractivity contribution is 7.21. The molecule has 0 aliphatic heterocycles. The van der Waals surface area contributed by atoms with E-state index in [9.17, 15) is 4.79 Å². The second-order valence-electron chi connectivity index (χ2n) is 5.17. The third-order valence-corrected chi connectivity index (χ3v) is 4.90. The largest absolute Gasteiger partial charge is 0.397 e. The fourth-order valence-electron chi connectivity index (χ4n) is 2.36. The van der Waals surface area contributed by atoms with Crippen molar-refractivity contribution >= 4 is 38.8 Å². The number of anilines is 2. The van der Waals surface area contributed by atoms with Crippen LogP contribution >= 0.6 is 11.3 Å². The van der Waals surface area contributed by atoms with Crippen molar-refractivity contribution in [1.82, 2.24) is 9.97 Å². The van der Waals surface area contributed by atoms with Crippen molar-refractivity contribution in [3.05, 3.63) is 46.2 Å². The second kappa shape index (κ2) is 5.38. The first-order valence-corrected chi connectivity index (χ1v) is 7.68. The molecule has 3 heterocycles. The number of fused-ring (bicyclic) bond motifs is 1. The van der Waals surface area contributed by atoms with Gasteiger partial charge in [0.2, 0.25) is 0 Å². The van der Waals surface area contributed by atoms with Crippen LogP contribution in [0, 0.1) is 20.8 Å². The number of carbonyl (C=O) groups is 1. The van der Waals surface area contributed by atoms with E-state index in [2.05, 4.69) is 15.3 Å². The standard InChI is InChI=1S/C16H16N4OS/c1-8-9(2)12-13(17)14(22-16(12)19-10(8)3)15(21)20-11-5-4-6-18-7-11/h4-7H,17H2,1-3H3,(H,20,21). The number of carbonyl (C=O) groups excluding carboxylic acids is 1. The summed E-state index contributed by atoms with van der Waals surface area (Å²) in [5, 5.41) is 3.69. The molecule has 22 heavy (non-hydrogen) atoms. The van der Waals surface area contributed by atoms with Gasteiger partial charge in [0.25, 0.3) is 5.91 Å². The van der Waals surface area contributed by atoms with E-state index in [1.807, 2.05) is 20.8 Å². The maximum Gasteiger partial charge on any atom is 0.267 e. The Labute approximate surface area is 132 Å². The predicted octanol–water partition coefficient (Wildman–Crippen LogP) is 3.45. The lowest BCUT2D eigenvalue weighted by atomic mass is 10.1. The van der Waals surface area contributed by atoms with Gasteiger partial charge in [-0.05, 0) is 44.0 Å². The Morgan fingerprint density at radius 2 is 2.05 bits per heavy atom. The zero-order valence-corrected chi connectivity index (χ0v) is 13.4. The maximum absolute atomic E-state index is 12.4. The summed E-state index contributed by atoms with van der Waals surface area (Å²) in [4.78, 5) is 22.3. The summed E-state index contributed by atoms with van der Waals surface area (Å²) < 4.78 is 0. The van der Waals surface area contributed by atoms with E-state index in [1.54, 1.807) is 24.5 Å². The van der Waals surface area contributed by atoms with Gasteiger partial charge in [-0.25, -0.2) is 4.98 Å². The fraction of sp³-hybridized carbons (Fsp3) is 0.188. The minimum Gasteiger partial charge on any atom is -0.397 e. The summed E-state index contributed by atoms with van der Waals surface area (Å²) >= 11 is 1.32. The van der Waals surface area contributed by atoms with E-state index in [4.69, 9.17) is 5.73 Å². The number of nitrogens with one attached hydrogen (secondary N) is 1. The molecule has 3 rings (SSSR count). The molecule has 6 heteroatoms. The predicted molar refractivity (Wildman–Crippen MR) is 90.4 cm³/mol. The normalized spacial score (nSPS) is 10.9. The van der Waals surface area contributed by atoms with Crippen molar-refractivity contribution < 1.29 is 4.79 Å². The molecule has 0 radical (unpaired) electrons. The Kier molecular flexibility index (Phi) is 3.54. The number of nitrogens with two attached hydrogens (primary N) is 1. The van der Waals surface area contributed by atoms with Gasteiger partial charge < -0.3 is 11.1 Å². The maximum atomic E-state index is 12.4. The molecule has 0 aliphatic rings. The van der Waals surface area contributed by atoms with Crippen LogP contribution in [0.15, 0.2) is 24.5 Å². The van der Waals surface area contributed by atoms with Crippen LogP contribution in [0.1, 0.15) is 26.5 Å². The molecule has 0 aromatic carbocycles. The van der Waals surface area contributed by atoms with Gasteiger partial charge in [0.15, 0.2) is 0 Å². The van der Waals surface area contributed by atoms with E-state index in [1.165, 1.54) is 11.3 Å². The summed E-state index contributed by atoms with van der Waals surface area (Å²) in [6.07, 6.45) is 3.25. The van der Waals surface area contributed by atoms with Crippen LogP contribution in [0.25, 0.3) is 10.2 Å². The van der Waals surface area contributed by atoms with Gasteiger partial charge in [0.1, 0.15) is 9.71 Å². The molecular formula is C16H16N4OS. The summed E-state index contributed by atoms with van der Waals surface area (Å²) in [5.74, 6) is -0.233. The van der Waals surface area contributed by atoms with E-state index in [-0.39, 0.29) is 5.91 Å². The minimum atomic E-state index is -0.233. The molecule has 0 atom stereocenters. The Morgan fingerprint density at radius 3 is 2.73 bits per heavy atom. The van der Waals surface area contributed by atoms with Crippen molar-refractivity contribution in [3.8, 4) is 0 Å². The number of hydrogen-bond acceptors (Lipinski definition) is 5. The second-order valence-corrected chi connectivity index (χ2v) is 6.17. The molecule has 0 fully saturated rings. The third kappa shape index (κ3) is 2.31. The van der Waals surface area contributed by atoms with Gasteiger partial charge in [0, 0.05) is 17.3 Å². The molecular weight excluding hydrogens is 296 g/mol. The van der Waals surface area contributed by atoms with Crippen molar-refractivity contribution in [2.45, 2.75) is 20.8 Å². The van der Waals surface area contributed by atoms with Crippen LogP contribution in [-0.4, -0.2) is 15.9 Å². The van der Waals surface area contributed by atoms with Crippen LogP contribution in [0.4, 0.5) is 11.4 Å². The van der Waals surface area contributed by atoms with Crippen molar-refractivity contribution in [2.75, 3.05) is 11.1 Å². The molecule has 112 valence electrons. The highest BCUT2D eigenvalue weighted by Gasteiger charge is 2.20. The van der Waals surface area contributed by atoms with Crippen molar-refractivity contribution in [2.24, 2.45) is 0 Å². The van der Waals surface area contributed by atoms with Crippen LogP contribution in [0.5, 0.6) is 0 Å². The molecule has 5 nitrogen and oxygen atoms in total. The van der Waals surface area contributed by atoms with Gasteiger partial charge in [-0.2, -0.15) is 0 Å². The van der Waals surface area contributed by atoms with Gasteiger partial charge in [-0.15, -0.1) is 11.3 Å². The van der Waals surface area contributed by atoms with E-state index in [0.29, 0.717) is 16.3 Å². The lowest BCUT2D eigenvalue weighted by molar-refractivity contribution is 0.103. The van der Waals surface area contributed by atoms with E-state index in [0.717, 1.165) is 27.0 Å². The molecule has 0 spiro atoms. The minimum absolute atomic E-state index is 0.233. The highest BCUT2D eigenvalue weighted by atomic mass is 32.1. The topological polar surface area (TPSA) is 80.9 Å². The first-order chi connectivity index (χ1) is 10.5. The Balaban J connectivity index is 2.06. The number of aryl methyl sites for hydroxylation is 2. The number of nitrogen functional groups attached to an aromatic ring is 1. The number of amides is 1. The quantitative estimate of drug-likeness (QED) is 0.759. The Bertz CT molecular complexity index is 871. The van der Waals surface area contributed by atoms with Gasteiger partial charge in [0.05, 0.1) is 17.6 Å². The number of aromatic nitrogens is 2. The number of rotatable bonds is 2. The van der Waals surface area contributed by atoms with E-state index >= 15 is 0 Å². The monoisotopic (exact) mass is 312 g/mol. The molecule has 0 aliphatic carbocycles. The molecule has 1 amide bonds. The van der Waals surface area contributed by atoms with Crippen LogP contribution in [0.2, 0.25) is 0 Å². The number of nitrogens with zero attached hydrogens (tertiary/aromatic N) is 2. The highest BCUT2D eigenvalue weighted by Crippen LogP contribution is 2.36. The van der Waals surface area contributed by atoms with Crippen molar-refractivity contribution in [3.63, 3.8) is 0 Å². The van der Waals surface area contributed by atoms with Gasteiger partial charge in [-0.3, -0.25) is 9.78 Å². The number of pyridine rings is 2. The fourth-order valence-corrected chi connectivity index (χ4v) is 3.46. The average molecular weight is 312 g/mol. The summed E-state index contributed by atoms with van der Waals surface area (Å²) in [6.45, 7) is 5.99. The molecule has 0 saturated heterocycles. The molecule has 3 aromatic rings. The first kappa shape index (κ1) is 14.5. The zero-order chi connectivity index (χ0) is 15.9. The van der Waals surface area contributed by atoms with Crippen molar-refractivity contribution in [1.29, 1.82) is 0 Å². The molecule has 0 bridgehead atoms. The summed E-state index contributed by atoms with van der Waals surface area (Å²) in [5.41, 5.74) is 10.5. The number of hydrogen-bond donors (Lipinski definition) is 2. The van der Waals surface area contributed by atoms with E-state index < -0.39 is 0 Å². The molecule has 3 N–H and O–H groups in total. The summed E-state index contributed by atoms with van der Waals surface area (Å²) in [7, 11) is 0. The molecule has 0 unspecified atom stereocenters. The average Bonchev–Trinajstić information content (AvgIpc) is 2.83. The van der Waals surface area contributed by atoms with Gasteiger partial charge >= 0.3 is 0 Å². The smallest absolute Gasteiger partial charge is 0.267 e. The molecule has 3 aromatic heterocycles. The lowest BCUT2D eigenvalue weighted by Crippen LogP contribution is -2.12.